The summed E-state index contributed by atoms with van der Waals surface area (Å²) >= 11 is 0. The van der Waals surface area contributed by atoms with E-state index >= 15 is 0 Å². The number of nitrogen functional groups attached to an aromatic ring is 1. The third-order valence-electron chi connectivity index (χ3n) is 2.64. The molecule has 0 spiro atoms. The highest BCUT2D eigenvalue weighted by atomic mass is 16.4. The number of carbonyl (C=O) groups is 1. The summed E-state index contributed by atoms with van der Waals surface area (Å²) in [5.41, 5.74) is 14.0. The number of hydrogen-bond acceptors (Lipinski definition) is 3. The van der Waals surface area contributed by atoms with Crippen LogP contribution in [-0.2, 0) is 6.42 Å². The van der Waals surface area contributed by atoms with Crippen molar-refractivity contribution in [2.75, 3.05) is 5.73 Å². The maximum atomic E-state index is 10.9. The van der Waals surface area contributed by atoms with Crippen molar-refractivity contribution in [1.82, 2.24) is 0 Å². The zero-order chi connectivity index (χ0) is 10.3. The molecule has 0 fully saturated rings. The smallest absolute Gasteiger partial charge is 0.336 e. The van der Waals surface area contributed by atoms with Gasteiger partial charge in [-0.25, -0.2) is 4.79 Å². The summed E-state index contributed by atoms with van der Waals surface area (Å²) in [6.45, 7) is 0. The number of carboxylic acids is 1. The van der Waals surface area contributed by atoms with Crippen molar-refractivity contribution < 1.29 is 9.90 Å². The lowest BCUT2D eigenvalue weighted by atomic mass is 10.0. The van der Waals surface area contributed by atoms with Crippen molar-refractivity contribution in [2.45, 2.75) is 18.9 Å². The van der Waals surface area contributed by atoms with Gasteiger partial charge in [0.05, 0.1) is 5.56 Å². The van der Waals surface area contributed by atoms with Crippen molar-refractivity contribution >= 4 is 11.7 Å². The molecule has 14 heavy (non-hydrogen) atoms. The van der Waals surface area contributed by atoms with E-state index in [9.17, 15) is 4.79 Å². The summed E-state index contributed by atoms with van der Waals surface area (Å²) in [5, 5.41) is 8.96. The number of fused-ring (bicyclic) bond motifs is 1. The summed E-state index contributed by atoms with van der Waals surface area (Å²) in [6, 6.07) is 3.21. The Morgan fingerprint density at radius 1 is 1.50 bits per heavy atom. The Balaban J connectivity index is 2.63. The fourth-order valence-corrected chi connectivity index (χ4v) is 1.97. The van der Waals surface area contributed by atoms with Crippen molar-refractivity contribution in [1.29, 1.82) is 0 Å². The molecular weight excluding hydrogens is 180 g/mol. The maximum Gasteiger partial charge on any atom is 0.336 e. The van der Waals surface area contributed by atoms with Crippen LogP contribution in [0.5, 0.6) is 0 Å². The van der Waals surface area contributed by atoms with Crippen molar-refractivity contribution in [3.63, 3.8) is 0 Å². The molecule has 4 heteroatoms. The molecule has 1 atom stereocenters. The Bertz CT molecular complexity index is 401. The monoisotopic (exact) mass is 192 g/mol. The fraction of sp³-hybridized carbons (Fsp3) is 0.300. The Morgan fingerprint density at radius 3 is 2.86 bits per heavy atom. The molecule has 0 amide bonds. The SMILES string of the molecule is Nc1cc(C(=O)O)c2c(c1)[C@@H](N)CC2. The molecule has 0 unspecified atom stereocenters. The Morgan fingerprint density at radius 2 is 2.21 bits per heavy atom. The Kier molecular flexibility index (Phi) is 1.93. The topological polar surface area (TPSA) is 89.3 Å². The van der Waals surface area contributed by atoms with E-state index in [4.69, 9.17) is 16.6 Å². The van der Waals surface area contributed by atoms with Gasteiger partial charge in [0.2, 0.25) is 0 Å². The van der Waals surface area contributed by atoms with Gasteiger partial charge in [0.25, 0.3) is 0 Å². The number of benzene rings is 1. The molecule has 1 aromatic rings. The van der Waals surface area contributed by atoms with Crippen molar-refractivity contribution in [2.24, 2.45) is 5.73 Å². The summed E-state index contributed by atoms with van der Waals surface area (Å²) in [4.78, 5) is 10.9. The van der Waals surface area contributed by atoms with Crippen LogP contribution in [-0.4, -0.2) is 11.1 Å². The largest absolute Gasteiger partial charge is 0.478 e. The van der Waals surface area contributed by atoms with Gasteiger partial charge in [0.15, 0.2) is 0 Å². The molecule has 1 aromatic carbocycles. The lowest BCUT2D eigenvalue weighted by molar-refractivity contribution is 0.0696. The van der Waals surface area contributed by atoms with E-state index in [1.165, 1.54) is 6.07 Å². The molecule has 1 aliphatic rings. The van der Waals surface area contributed by atoms with E-state index < -0.39 is 5.97 Å². The first-order valence-corrected chi connectivity index (χ1v) is 4.50. The standard InChI is InChI=1S/C10H12N2O2/c11-5-3-7-6(1-2-9(7)12)8(4-5)10(13)14/h3-4,9H,1-2,11-12H2,(H,13,14)/t9-/m0/s1. The fourth-order valence-electron chi connectivity index (χ4n) is 1.97. The molecule has 0 bridgehead atoms. The molecule has 5 N–H and O–H groups in total. The number of aromatic carboxylic acids is 1. The second-order valence-corrected chi connectivity index (χ2v) is 3.59. The molecular formula is C10H12N2O2. The first-order valence-electron chi connectivity index (χ1n) is 4.50. The van der Waals surface area contributed by atoms with Crippen LogP contribution in [0.3, 0.4) is 0 Å². The van der Waals surface area contributed by atoms with E-state index in [1.54, 1.807) is 6.07 Å². The van der Waals surface area contributed by atoms with Crippen LogP contribution in [0.2, 0.25) is 0 Å². The van der Waals surface area contributed by atoms with Gasteiger partial charge in [-0.15, -0.1) is 0 Å². The number of anilines is 1. The van der Waals surface area contributed by atoms with Gasteiger partial charge in [-0.05, 0) is 36.1 Å². The Hall–Kier alpha value is -1.55. The first kappa shape index (κ1) is 9.02. The van der Waals surface area contributed by atoms with Crippen LogP contribution < -0.4 is 11.5 Å². The Labute approximate surface area is 81.5 Å². The molecule has 0 aliphatic heterocycles. The minimum absolute atomic E-state index is 0.0633. The molecule has 0 aromatic heterocycles. The van der Waals surface area contributed by atoms with Crippen LogP contribution in [0.1, 0.15) is 33.9 Å². The quantitative estimate of drug-likeness (QED) is 0.577. The predicted molar refractivity (Wildman–Crippen MR) is 53.1 cm³/mol. The van der Waals surface area contributed by atoms with E-state index in [-0.39, 0.29) is 6.04 Å². The van der Waals surface area contributed by atoms with E-state index in [2.05, 4.69) is 0 Å². The second-order valence-electron chi connectivity index (χ2n) is 3.59. The second kappa shape index (κ2) is 2.99. The van der Waals surface area contributed by atoms with Crippen molar-refractivity contribution in [3.05, 3.63) is 28.8 Å². The lowest BCUT2D eigenvalue weighted by Gasteiger charge is -2.08. The number of hydrogen-bond donors (Lipinski definition) is 3. The van der Waals surface area contributed by atoms with Gasteiger partial charge in [-0.3, -0.25) is 0 Å². The highest BCUT2D eigenvalue weighted by molar-refractivity contribution is 5.91. The van der Waals surface area contributed by atoms with Crippen LogP contribution in [0.15, 0.2) is 12.1 Å². The molecule has 74 valence electrons. The molecule has 1 aliphatic carbocycles. The van der Waals surface area contributed by atoms with Crippen LogP contribution >= 0.6 is 0 Å². The van der Waals surface area contributed by atoms with Gasteiger partial charge in [-0.1, -0.05) is 0 Å². The average Bonchev–Trinajstić information content (AvgIpc) is 2.47. The highest BCUT2D eigenvalue weighted by Gasteiger charge is 2.24. The normalized spacial score (nSPS) is 19.4. The lowest BCUT2D eigenvalue weighted by Crippen LogP contribution is -2.08. The number of carboxylic acid groups (broad SMARTS) is 1. The van der Waals surface area contributed by atoms with Gasteiger partial charge in [0, 0.05) is 11.7 Å². The van der Waals surface area contributed by atoms with E-state index in [0.29, 0.717) is 11.3 Å². The number of rotatable bonds is 1. The summed E-state index contributed by atoms with van der Waals surface area (Å²) in [6.07, 6.45) is 1.54. The summed E-state index contributed by atoms with van der Waals surface area (Å²) in [7, 11) is 0. The molecule has 0 saturated carbocycles. The maximum absolute atomic E-state index is 10.9. The van der Waals surface area contributed by atoms with Crippen molar-refractivity contribution in [3.8, 4) is 0 Å². The van der Waals surface area contributed by atoms with Gasteiger partial charge < -0.3 is 16.6 Å². The molecule has 4 nitrogen and oxygen atoms in total. The number of nitrogens with two attached hydrogens (primary N) is 2. The molecule has 0 heterocycles. The van der Waals surface area contributed by atoms with Crippen LogP contribution in [0, 0.1) is 0 Å². The van der Waals surface area contributed by atoms with Crippen LogP contribution in [0.4, 0.5) is 5.69 Å². The third kappa shape index (κ3) is 1.24. The first-order chi connectivity index (χ1) is 6.59. The zero-order valence-corrected chi connectivity index (χ0v) is 7.66. The minimum Gasteiger partial charge on any atom is -0.478 e. The average molecular weight is 192 g/mol. The zero-order valence-electron chi connectivity index (χ0n) is 7.66. The van der Waals surface area contributed by atoms with Gasteiger partial charge in [0.1, 0.15) is 0 Å². The highest BCUT2D eigenvalue weighted by Crippen LogP contribution is 2.33. The molecule has 0 radical (unpaired) electrons. The van der Waals surface area contributed by atoms with Gasteiger partial charge >= 0.3 is 5.97 Å². The van der Waals surface area contributed by atoms with E-state index in [1.807, 2.05) is 0 Å². The molecule has 0 saturated heterocycles. The minimum atomic E-state index is -0.928. The van der Waals surface area contributed by atoms with Crippen LogP contribution in [0.25, 0.3) is 0 Å². The van der Waals surface area contributed by atoms with E-state index in [0.717, 1.165) is 24.0 Å². The molecule has 2 rings (SSSR count). The van der Waals surface area contributed by atoms with Gasteiger partial charge in [-0.2, -0.15) is 0 Å². The third-order valence-corrected chi connectivity index (χ3v) is 2.64. The summed E-state index contributed by atoms with van der Waals surface area (Å²) in [5.74, 6) is -0.928. The predicted octanol–water partition coefficient (Wildman–Crippen LogP) is 0.913. The summed E-state index contributed by atoms with van der Waals surface area (Å²) < 4.78 is 0.